The molecule has 0 unspecified atom stereocenters. The van der Waals surface area contributed by atoms with Crippen LogP contribution in [0.25, 0.3) is 10.1 Å². The predicted octanol–water partition coefficient (Wildman–Crippen LogP) is 4.01. The second-order valence-corrected chi connectivity index (χ2v) is 5.12. The molecule has 2 aromatic rings. The van der Waals surface area contributed by atoms with E-state index in [-0.39, 0.29) is 0 Å². The average Bonchev–Trinajstić information content (AvgIpc) is 2.29. The van der Waals surface area contributed by atoms with Gasteiger partial charge >= 0.3 is 0 Å². The van der Waals surface area contributed by atoms with E-state index >= 15 is 0 Å². The van der Waals surface area contributed by atoms with E-state index in [1.807, 2.05) is 12.1 Å². The first kappa shape index (κ1) is 8.53. The highest BCUT2D eigenvalue weighted by Crippen LogP contribution is 2.41. The second kappa shape index (κ2) is 3.01. The Bertz CT molecular complexity index is 436. The third-order valence-corrected chi connectivity index (χ3v) is 4.36. The minimum atomic E-state index is 0.830. The van der Waals surface area contributed by atoms with Gasteiger partial charge in [0, 0.05) is 14.6 Å². The largest absolute Gasteiger partial charge is 0.390 e. The summed E-state index contributed by atoms with van der Waals surface area (Å²) >= 11 is 8.53. The van der Waals surface area contributed by atoms with Gasteiger partial charge in [0.2, 0.25) is 0 Å². The fourth-order valence-electron chi connectivity index (χ4n) is 1.09. The fourth-order valence-corrected chi connectivity index (χ4v) is 3.74. The molecular formula is C8H5Br2NS. The summed E-state index contributed by atoms with van der Waals surface area (Å²) in [5.41, 5.74) is 5.77. The highest BCUT2D eigenvalue weighted by Gasteiger charge is 2.08. The first-order valence-corrected chi connectivity index (χ1v) is 5.72. The molecule has 0 saturated carbocycles. The van der Waals surface area contributed by atoms with Crippen molar-refractivity contribution in [1.29, 1.82) is 0 Å². The van der Waals surface area contributed by atoms with E-state index in [9.17, 15) is 0 Å². The molecular weight excluding hydrogens is 302 g/mol. The molecule has 1 aromatic carbocycles. The molecule has 1 aromatic heterocycles. The first-order chi connectivity index (χ1) is 5.70. The Morgan fingerprint density at radius 1 is 1.25 bits per heavy atom. The lowest BCUT2D eigenvalue weighted by atomic mass is 10.3. The SMILES string of the molecule is Nc1sc2cccc(Br)c2c1Br. The number of halogens is 2. The lowest BCUT2D eigenvalue weighted by Crippen LogP contribution is -1.77. The standard InChI is InChI=1S/C8H5Br2NS/c9-4-2-1-3-5-6(4)7(10)8(11)12-5/h1-3H,11H2. The maximum atomic E-state index is 5.77. The Hall–Kier alpha value is -0.0600. The van der Waals surface area contributed by atoms with Crippen LogP contribution in [-0.4, -0.2) is 0 Å². The predicted molar refractivity (Wildman–Crippen MR) is 61.6 cm³/mol. The number of nitrogens with two attached hydrogens (primary N) is 1. The van der Waals surface area contributed by atoms with Crippen molar-refractivity contribution in [3.63, 3.8) is 0 Å². The molecule has 12 heavy (non-hydrogen) atoms. The summed E-state index contributed by atoms with van der Waals surface area (Å²) in [6.45, 7) is 0. The zero-order valence-electron chi connectivity index (χ0n) is 5.97. The Labute approximate surface area is 90.8 Å². The number of benzene rings is 1. The third kappa shape index (κ3) is 1.18. The number of anilines is 1. The van der Waals surface area contributed by atoms with Crippen LogP contribution in [0.1, 0.15) is 0 Å². The van der Waals surface area contributed by atoms with E-state index in [1.54, 1.807) is 11.3 Å². The van der Waals surface area contributed by atoms with E-state index in [4.69, 9.17) is 5.73 Å². The van der Waals surface area contributed by atoms with Gasteiger partial charge in [-0.25, -0.2) is 0 Å². The topological polar surface area (TPSA) is 26.0 Å². The smallest absolute Gasteiger partial charge is 0.101 e. The van der Waals surface area contributed by atoms with Crippen molar-refractivity contribution in [2.24, 2.45) is 0 Å². The highest BCUT2D eigenvalue weighted by molar-refractivity contribution is 9.11. The molecule has 0 aliphatic heterocycles. The lowest BCUT2D eigenvalue weighted by Gasteiger charge is -1.93. The monoisotopic (exact) mass is 305 g/mol. The van der Waals surface area contributed by atoms with Gasteiger partial charge in [0.1, 0.15) is 5.00 Å². The molecule has 0 amide bonds. The Balaban J connectivity index is 2.97. The van der Waals surface area contributed by atoms with E-state index in [0.717, 1.165) is 13.9 Å². The molecule has 1 nitrogen and oxygen atoms in total. The van der Waals surface area contributed by atoms with Gasteiger partial charge in [-0.1, -0.05) is 22.0 Å². The van der Waals surface area contributed by atoms with Crippen molar-refractivity contribution >= 4 is 58.3 Å². The van der Waals surface area contributed by atoms with Crippen molar-refractivity contribution in [3.8, 4) is 0 Å². The number of fused-ring (bicyclic) bond motifs is 1. The van der Waals surface area contributed by atoms with Crippen LogP contribution in [0, 0.1) is 0 Å². The number of hydrogen-bond donors (Lipinski definition) is 1. The molecule has 2 N–H and O–H groups in total. The van der Waals surface area contributed by atoms with Crippen molar-refractivity contribution in [1.82, 2.24) is 0 Å². The van der Waals surface area contributed by atoms with Gasteiger partial charge in [-0.2, -0.15) is 0 Å². The molecule has 4 heteroatoms. The summed E-state index contributed by atoms with van der Waals surface area (Å²) in [5, 5.41) is 2.00. The van der Waals surface area contributed by atoms with Gasteiger partial charge in [0.05, 0.1) is 4.47 Å². The minimum Gasteiger partial charge on any atom is -0.390 e. The average molecular weight is 307 g/mol. The molecule has 0 fully saturated rings. The number of rotatable bonds is 0. The van der Waals surface area contributed by atoms with Crippen LogP contribution in [0.4, 0.5) is 5.00 Å². The van der Waals surface area contributed by atoms with E-state index in [2.05, 4.69) is 37.9 Å². The van der Waals surface area contributed by atoms with E-state index in [1.165, 1.54) is 10.1 Å². The maximum Gasteiger partial charge on any atom is 0.101 e. The third-order valence-electron chi connectivity index (χ3n) is 1.63. The Morgan fingerprint density at radius 3 is 2.67 bits per heavy atom. The zero-order valence-corrected chi connectivity index (χ0v) is 9.96. The number of nitrogen functional groups attached to an aromatic ring is 1. The van der Waals surface area contributed by atoms with Crippen LogP contribution in [0.5, 0.6) is 0 Å². The van der Waals surface area contributed by atoms with Crippen LogP contribution in [0.3, 0.4) is 0 Å². The molecule has 0 atom stereocenters. The molecule has 0 aliphatic rings. The van der Waals surface area contributed by atoms with Gasteiger partial charge in [-0.05, 0) is 28.1 Å². The van der Waals surface area contributed by atoms with Crippen molar-refractivity contribution < 1.29 is 0 Å². The fraction of sp³-hybridized carbons (Fsp3) is 0. The molecule has 0 bridgehead atoms. The van der Waals surface area contributed by atoms with Crippen LogP contribution in [-0.2, 0) is 0 Å². The van der Waals surface area contributed by atoms with Gasteiger partial charge in [0.15, 0.2) is 0 Å². The van der Waals surface area contributed by atoms with E-state index < -0.39 is 0 Å². The van der Waals surface area contributed by atoms with Crippen LogP contribution >= 0.6 is 43.2 Å². The summed E-state index contributed by atoms with van der Waals surface area (Å²) in [7, 11) is 0. The molecule has 0 aliphatic carbocycles. The van der Waals surface area contributed by atoms with Crippen molar-refractivity contribution in [2.75, 3.05) is 5.73 Å². The molecule has 62 valence electrons. The molecule has 0 spiro atoms. The molecule has 1 heterocycles. The van der Waals surface area contributed by atoms with Crippen LogP contribution in [0.2, 0.25) is 0 Å². The summed E-state index contributed by atoms with van der Waals surface area (Å²) in [5.74, 6) is 0. The quantitative estimate of drug-likeness (QED) is 0.782. The highest BCUT2D eigenvalue weighted by atomic mass is 79.9. The van der Waals surface area contributed by atoms with Gasteiger partial charge < -0.3 is 5.73 Å². The van der Waals surface area contributed by atoms with Gasteiger partial charge in [-0.15, -0.1) is 11.3 Å². The van der Waals surface area contributed by atoms with Crippen LogP contribution in [0.15, 0.2) is 27.1 Å². The molecule has 0 saturated heterocycles. The summed E-state index contributed by atoms with van der Waals surface area (Å²) in [6, 6.07) is 6.08. The molecule has 0 radical (unpaired) electrons. The summed E-state index contributed by atoms with van der Waals surface area (Å²) < 4.78 is 3.28. The number of hydrogen-bond acceptors (Lipinski definition) is 2. The van der Waals surface area contributed by atoms with Crippen molar-refractivity contribution in [2.45, 2.75) is 0 Å². The lowest BCUT2D eigenvalue weighted by molar-refractivity contribution is 1.76. The zero-order chi connectivity index (χ0) is 8.72. The Kier molecular flexibility index (Phi) is 2.14. The van der Waals surface area contributed by atoms with Crippen molar-refractivity contribution in [3.05, 3.63) is 27.1 Å². The Morgan fingerprint density at radius 2 is 2.00 bits per heavy atom. The van der Waals surface area contributed by atoms with E-state index in [0.29, 0.717) is 0 Å². The van der Waals surface area contributed by atoms with Crippen LogP contribution < -0.4 is 5.73 Å². The summed E-state index contributed by atoms with van der Waals surface area (Å²) in [4.78, 5) is 0. The normalized spacial score (nSPS) is 10.8. The number of thiophene rings is 1. The van der Waals surface area contributed by atoms with Gasteiger partial charge in [0.25, 0.3) is 0 Å². The van der Waals surface area contributed by atoms with Gasteiger partial charge in [-0.3, -0.25) is 0 Å². The first-order valence-electron chi connectivity index (χ1n) is 3.32. The summed E-state index contributed by atoms with van der Waals surface area (Å²) in [6.07, 6.45) is 0. The maximum absolute atomic E-state index is 5.77. The molecule has 2 rings (SSSR count). The second-order valence-electron chi connectivity index (χ2n) is 2.39. The minimum absolute atomic E-state index is 0.830.